The first kappa shape index (κ1) is 21.6. The van der Waals surface area contributed by atoms with E-state index in [1.807, 2.05) is 0 Å². The van der Waals surface area contributed by atoms with Gasteiger partial charge >= 0.3 is 5.97 Å². The molecule has 4 aliphatic carbocycles. The first-order chi connectivity index (χ1) is 13.7. The lowest BCUT2D eigenvalue weighted by Gasteiger charge is -2.62. The van der Waals surface area contributed by atoms with Crippen LogP contribution in [0.4, 0.5) is 0 Å². The molecule has 0 aliphatic heterocycles. The predicted molar refractivity (Wildman–Crippen MR) is 115 cm³/mol. The minimum absolute atomic E-state index is 0.00493. The van der Waals surface area contributed by atoms with Crippen molar-refractivity contribution in [3.05, 3.63) is 0 Å². The van der Waals surface area contributed by atoms with Gasteiger partial charge in [0.2, 0.25) is 0 Å². The second-order valence-corrected chi connectivity index (χ2v) is 11.6. The Kier molecular flexibility index (Phi) is 5.83. The fourth-order valence-corrected chi connectivity index (χ4v) is 8.86. The summed E-state index contributed by atoms with van der Waals surface area (Å²) in [6.07, 6.45) is 10.8. The van der Waals surface area contributed by atoms with Crippen molar-refractivity contribution in [1.29, 1.82) is 0 Å². The van der Waals surface area contributed by atoms with E-state index in [1.54, 1.807) is 0 Å². The monoisotopic (exact) mass is 405 g/mol. The number of nitrogens with two attached hydrogens (primary N) is 1. The molecule has 0 aromatic heterocycles. The molecule has 10 atom stereocenters. The maximum atomic E-state index is 11.7. The van der Waals surface area contributed by atoms with Gasteiger partial charge in [-0.15, -0.1) is 0 Å². The van der Waals surface area contributed by atoms with Crippen LogP contribution in [0.2, 0.25) is 0 Å². The maximum Gasteiger partial charge on any atom is 0.305 e. The van der Waals surface area contributed by atoms with E-state index in [4.69, 9.17) is 10.5 Å². The van der Waals surface area contributed by atoms with E-state index >= 15 is 0 Å². The molecule has 3 N–H and O–H groups in total. The third-order valence-corrected chi connectivity index (χ3v) is 10.6. The molecule has 0 bridgehead atoms. The average molecular weight is 406 g/mol. The first-order valence-corrected chi connectivity index (χ1v) is 12.2. The molecule has 4 saturated carbocycles. The highest BCUT2D eigenvalue weighted by Crippen LogP contribution is 2.68. The number of carbonyl (C=O) groups is 1. The SMILES string of the molecule is COC(=O)CC[C@H](C)C1CCC2C3CC[C@@H]4C[C@@H](N)CC[C@]4(C)C3C[C@H](O)[C@@]21C. The zero-order chi connectivity index (χ0) is 21.0. The molecule has 0 amide bonds. The lowest BCUT2D eigenvalue weighted by atomic mass is 9.43. The average Bonchev–Trinajstić information content (AvgIpc) is 3.06. The second-order valence-electron chi connectivity index (χ2n) is 11.6. The van der Waals surface area contributed by atoms with Crippen LogP contribution >= 0.6 is 0 Å². The van der Waals surface area contributed by atoms with E-state index in [2.05, 4.69) is 20.8 Å². The molecule has 4 nitrogen and oxygen atoms in total. The van der Waals surface area contributed by atoms with Crippen molar-refractivity contribution in [2.45, 2.75) is 97.1 Å². The van der Waals surface area contributed by atoms with Crippen LogP contribution in [0.15, 0.2) is 0 Å². The van der Waals surface area contributed by atoms with Crippen molar-refractivity contribution in [1.82, 2.24) is 0 Å². The van der Waals surface area contributed by atoms with Crippen LogP contribution in [0.5, 0.6) is 0 Å². The second kappa shape index (κ2) is 7.82. The van der Waals surface area contributed by atoms with Gasteiger partial charge in [-0.05, 0) is 104 Å². The fourth-order valence-electron chi connectivity index (χ4n) is 8.86. The normalized spacial score (nSPS) is 50.2. The largest absolute Gasteiger partial charge is 0.469 e. The predicted octanol–water partition coefficient (Wildman–Crippen LogP) is 4.53. The number of rotatable bonds is 4. The molecular formula is C25H43NO3. The lowest BCUT2D eigenvalue weighted by molar-refractivity contribution is -0.169. The first-order valence-electron chi connectivity index (χ1n) is 12.2. The standard InChI is InChI=1S/C25H43NO3/c1-15(5-10-23(28)29-4)19-8-9-20-18-7-6-16-13-17(26)11-12-24(16,2)21(18)14-22(27)25(19,20)3/h15-22,27H,5-14,26H2,1-4H3/t15-,16+,17-,18?,19?,20?,21?,22-,24-,25+/m0/s1. The Morgan fingerprint density at radius 3 is 2.62 bits per heavy atom. The summed E-state index contributed by atoms with van der Waals surface area (Å²) in [5.41, 5.74) is 6.71. The van der Waals surface area contributed by atoms with Crippen LogP contribution < -0.4 is 5.73 Å². The van der Waals surface area contributed by atoms with Crippen LogP contribution in [0.1, 0.15) is 85.0 Å². The summed E-state index contributed by atoms with van der Waals surface area (Å²) in [6.45, 7) is 7.21. The van der Waals surface area contributed by atoms with E-state index < -0.39 is 0 Å². The molecule has 0 aromatic carbocycles. The molecule has 0 saturated heterocycles. The van der Waals surface area contributed by atoms with Crippen molar-refractivity contribution in [3.63, 3.8) is 0 Å². The lowest BCUT2D eigenvalue weighted by Crippen LogP contribution is -2.59. The van der Waals surface area contributed by atoms with Crippen LogP contribution in [0, 0.1) is 46.3 Å². The molecule has 4 heteroatoms. The molecular weight excluding hydrogens is 362 g/mol. The van der Waals surface area contributed by atoms with E-state index in [-0.39, 0.29) is 17.5 Å². The number of ether oxygens (including phenoxy) is 1. The Hall–Kier alpha value is -0.610. The molecule has 4 aliphatic rings. The van der Waals surface area contributed by atoms with Crippen molar-refractivity contribution >= 4 is 5.97 Å². The Labute approximate surface area is 177 Å². The van der Waals surface area contributed by atoms with Crippen molar-refractivity contribution in [2.24, 2.45) is 52.1 Å². The van der Waals surface area contributed by atoms with Gasteiger partial charge in [-0.25, -0.2) is 0 Å². The van der Waals surface area contributed by atoms with Crippen LogP contribution in [-0.2, 0) is 9.53 Å². The highest BCUT2D eigenvalue weighted by atomic mass is 16.5. The molecule has 0 radical (unpaired) electrons. The number of fused-ring (bicyclic) bond motifs is 5. The number of methoxy groups -OCH3 is 1. The van der Waals surface area contributed by atoms with E-state index in [0.29, 0.717) is 41.5 Å². The third kappa shape index (κ3) is 3.37. The van der Waals surface area contributed by atoms with Gasteiger partial charge in [0.05, 0.1) is 13.2 Å². The maximum absolute atomic E-state index is 11.7. The molecule has 166 valence electrons. The molecule has 29 heavy (non-hydrogen) atoms. The smallest absolute Gasteiger partial charge is 0.305 e. The number of aliphatic hydroxyl groups is 1. The number of aliphatic hydroxyl groups excluding tert-OH is 1. The zero-order valence-corrected chi connectivity index (χ0v) is 19.0. The number of esters is 1. The third-order valence-electron chi connectivity index (χ3n) is 10.6. The van der Waals surface area contributed by atoms with Gasteiger partial charge in [0.25, 0.3) is 0 Å². The van der Waals surface area contributed by atoms with E-state index in [1.165, 1.54) is 45.6 Å². The van der Waals surface area contributed by atoms with Crippen LogP contribution in [0.3, 0.4) is 0 Å². The highest BCUT2D eigenvalue weighted by Gasteiger charge is 2.63. The van der Waals surface area contributed by atoms with Gasteiger partial charge in [-0.3, -0.25) is 4.79 Å². The van der Waals surface area contributed by atoms with Gasteiger partial charge in [0.15, 0.2) is 0 Å². The minimum atomic E-state index is -0.215. The van der Waals surface area contributed by atoms with Gasteiger partial charge in [0.1, 0.15) is 0 Å². The van der Waals surface area contributed by atoms with Crippen LogP contribution in [0.25, 0.3) is 0 Å². The Morgan fingerprint density at radius 2 is 1.90 bits per heavy atom. The molecule has 4 fully saturated rings. The topological polar surface area (TPSA) is 72.5 Å². The molecule has 4 unspecified atom stereocenters. The summed E-state index contributed by atoms with van der Waals surface area (Å²) < 4.78 is 4.86. The van der Waals surface area contributed by atoms with Crippen molar-refractivity contribution in [3.8, 4) is 0 Å². The van der Waals surface area contributed by atoms with Gasteiger partial charge in [0, 0.05) is 12.5 Å². The van der Waals surface area contributed by atoms with Crippen LogP contribution in [-0.4, -0.2) is 30.3 Å². The van der Waals surface area contributed by atoms with E-state index in [0.717, 1.165) is 31.1 Å². The number of carbonyl (C=O) groups excluding carboxylic acids is 1. The Bertz CT molecular complexity index is 623. The highest BCUT2D eigenvalue weighted by molar-refractivity contribution is 5.69. The summed E-state index contributed by atoms with van der Waals surface area (Å²) >= 11 is 0. The van der Waals surface area contributed by atoms with Gasteiger partial charge in [-0.1, -0.05) is 20.8 Å². The molecule has 0 aromatic rings. The Balaban J connectivity index is 1.53. The minimum Gasteiger partial charge on any atom is -0.469 e. The van der Waals surface area contributed by atoms with Crippen molar-refractivity contribution < 1.29 is 14.6 Å². The summed E-state index contributed by atoms with van der Waals surface area (Å²) in [5.74, 6) is 3.66. The Morgan fingerprint density at radius 1 is 1.14 bits per heavy atom. The summed E-state index contributed by atoms with van der Waals surface area (Å²) in [4.78, 5) is 11.7. The van der Waals surface area contributed by atoms with Gasteiger partial charge in [-0.2, -0.15) is 0 Å². The fraction of sp³-hybridized carbons (Fsp3) is 0.960. The van der Waals surface area contributed by atoms with E-state index in [9.17, 15) is 9.90 Å². The summed E-state index contributed by atoms with van der Waals surface area (Å²) in [5, 5.41) is 11.6. The molecule has 0 spiro atoms. The van der Waals surface area contributed by atoms with Crippen molar-refractivity contribution in [2.75, 3.05) is 7.11 Å². The molecule has 4 rings (SSSR count). The summed E-state index contributed by atoms with van der Waals surface area (Å²) in [7, 11) is 1.47. The zero-order valence-electron chi connectivity index (χ0n) is 19.0. The molecule has 0 heterocycles. The summed E-state index contributed by atoms with van der Waals surface area (Å²) in [6, 6.07) is 0.384. The quantitative estimate of drug-likeness (QED) is 0.674. The van der Waals surface area contributed by atoms with Gasteiger partial charge < -0.3 is 15.6 Å². The number of hydrogen-bond donors (Lipinski definition) is 2. The number of hydrogen-bond acceptors (Lipinski definition) is 4.